The molecular formula is C16H17Cl2NO5S. The number of phenols is 1. The molecule has 136 valence electrons. The third kappa shape index (κ3) is 4.70. The second kappa shape index (κ2) is 8.14. The van der Waals surface area contributed by atoms with Crippen molar-refractivity contribution < 1.29 is 23.0 Å². The fourth-order valence-electron chi connectivity index (χ4n) is 2.19. The third-order valence-corrected chi connectivity index (χ3v) is 5.42. The summed E-state index contributed by atoms with van der Waals surface area (Å²) in [6.07, 6.45) is 0.411. The van der Waals surface area contributed by atoms with Crippen LogP contribution in [0.15, 0.2) is 35.2 Å². The Labute approximate surface area is 156 Å². The van der Waals surface area contributed by atoms with Gasteiger partial charge in [0.1, 0.15) is 4.90 Å². The second-order valence-electron chi connectivity index (χ2n) is 5.07. The van der Waals surface area contributed by atoms with E-state index in [1.165, 1.54) is 20.3 Å². The van der Waals surface area contributed by atoms with Gasteiger partial charge in [-0.15, -0.1) is 0 Å². The van der Waals surface area contributed by atoms with Crippen LogP contribution in [0, 0.1) is 0 Å². The van der Waals surface area contributed by atoms with Crippen LogP contribution in [0.4, 0.5) is 0 Å². The molecule has 0 aliphatic rings. The van der Waals surface area contributed by atoms with E-state index in [1.807, 2.05) is 6.07 Å². The Hall–Kier alpha value is -1.67. The van der Waals surface area contributed by atoms with Crippen molar-refractivity contribution in [3.63, 3.8) is 0 Å². The first kappa shape index (κ1) is 19.7. The van der Waals surface area contributed by atoms with E-state index < -0.39 is 15.8 Å². The summed E-state index contributed by atoms with van der Waals surface area (Å²) in [6, 6.07) is 7.72. The second-order valence-corrected chi connectivity index (χ2v) is 7.65. The minimum absolute atomic E-state index is 0.112. The molecule has 0 aliphatic carbocycles. The smallest absolute Gasteiger partial charge is 0.244 e. The van der Waals surface area contributed by atoms with Gasteiger partial charge in [0.2, 0.25) is 10.0 Å². The van der Waals surface area contributed by atoms with Crippen molar-refractivity contribution in [3.8, 4) is 17.2 Å². The Bertz CT molecular complexity index is 871. The molecule has 0 saturated heterocycles. The van der Waals surface area contributed by atoms with Gasteiger partial charge < -0.3 is 14.6 Å². The van der Waals surface area contributed by atoms with E-state index in [1.54, 1.807) is 12.1 Å². The van der Waals surface area contributed by atoms with E-state index >= 15 is 0 Å². The van der Waals surface area contributed by atoms with Gasteiger partial charge in [0.05, 0.1) is 19.2 Å². The highest BCUT2D eigenvalue weighted by atomic mass is 35.5. The highest BCUT2D eigenvalue weighted by Gasteiger charge is 2.21. The van der Waals surface area contributed by atoms with Crippen molar-refractivity contribution in [2.45, 2.75) is 11.3 Å². The molecule has 0 atom stereocenters. The summed E-state index contributed by atoms with van der Waals surface area (Å²) in [5, 5.41) is 9.84. The van der Waals surface area contributed by atoms with Crippen LogP contribution in [0.25, 0.3) is 0 Å². The summed E-state index contributed by atoms with van der Waals surface area (Å²) >= 11 is 11.6. The molecule has 9 heteroatoms. The Balaban J connectivity index is 2.11. The number of hydrogen-bond acceptors (Lipinski definition) is 5. The van der Waals surface area contributed by atoms with Crippen molar-refractivity contribution in [1.29, 1.82) is 0 Å². The number of halogens is 2. The predicted molar refractivity (Wildman–Crippen MR) is 96.6 cm³/mol. The maximum atomic E-state index is 12.3. The third-order valence-electron chi connectivity index (χ3n) is 3.44. The number of phenolic OH excluding ortho intramolecular Hbond substituents is 1. The highest BCUT2D eigenvalue weighted by molar-refractivity contribution is 7.89. The van der Waals surface area contributed by atoms with Crippen molar-refractivity contribution in [2.24, 2.45) is 0 Å². The Morgan fingerprint density at radius 1 is 1.08 bits per heavy atom. The van der Waals surface area contributed by atoms with E-state index in [0.717, 1.165) is 11.6 Å². The average molecular weight is 406 g/mol. The standard InChI is InChI=1S/C16H17Cl2NO5S/c1-23-13-4-3-10(7-14(13)24-2)5-6-19-25(21,22)15-9-11(17)8-12(18)16(15)20/h3-4,7-9,19-20H,5-6H2,1-2H3. The molecule has 2 rings (SSSR count). The average Bonchev–Trinajstić information content (AvgIpc) is 2.57. The number of methoxy groups -OCH3 is 2. The van der Waals surface area contributed by atoms with E-state index in [0.29, 0.717) is 17.9 Å². The molecule has 0 fully saturated rings. The number of ether oxygens (including phenoxy) is 2. The lowest BCUT2D eigenvalue weighted by molar-refractivity contribution is 0.354. The lowest BCUT2D eigenvalue weighted by Gasteiger charge is -2.11. The monoisotopic (exact) mass is 405 g/mol. The maximum absolute atomic E-state index is 12.3. The van der Waals surface area contributed by atoms with Crippen molar-refractivity contribution >= 4 is 33.2 Å². The van der Waals surface area contributed by atoms with Gasteiger partial charge in [-0.2, -0.15) is 0 Å². The molecule has 0 amide bonds. The van der Waals surface area contributed by atoms with Gasteiger partial charge in [0.25, 0.3) is 0 Å². The molecule has 0 bridgehead atoms. The van der Waals surface area contributed by atoms with Gasteiger partial charge in [0, 0.05) is 11.6 Å². The van der Waals surface area contributed by atoms with Gasteiger partial charge >= 0.3 is 0 Å². The van der Waals surface area contributed by atoms with Crippen LogP contribution in [0.3, 0.4) is 0 Å². The SMILES string of the molecule is COc1ccc(CCNS(=O)(=O)c2cc(Cl)cc(Cl)c2O)cc1OC. The Morgan fingerprint density at radius 2 is 1.76 bits per heavy atom. The minimum Gasteiger partial charge on any atom is -0.505 e. The number of sulfonamides is 1. The van der Waals surface area contributed by atoms with Gasteiger partial charge in [0.15, 0.2) is 17.2 Å². The van der Waals surface area contributed by atoms with Gasteiger partial charge in [-0.25, -0.2) is 13.1 Å². The summed E-state index contributed by atoms with van der Waals surface area (Å²) in [5.41, 5.74) is 0.855. The molecule has 25 heavy (non-hydrogen) atoms. The normalized spacial score (nSPS) is 11.4. The molecule has 0 saturated carbocycles. The Morgan fingerprint density at radius 3 is 2.40 bits per heavy atom. The van der Waals surface area contributed by atoms with Crippen LogP contribution in [-0.4, -0.2) is 34.3 Å². The number of hydrogen-bond donors (Lipinski definition) is 2. The van der Waals surface area contributed by atoms with E-state index in [2.05, 4.69) is 4.72 Å². The fraction of sp³-hybridized carbons (Fsp3) is 0.250. The minimum atomic E-state index is -3.96. The first-order chi connectivity index (χ1) is 11.8. The number of rotatable bonds is 7. The van der Waals surface area contributed by atoms with Crippen LogP contribution in [-0.2, 0) is 16.4 Å². The lowest BCUT2D eigenvalue weighted by atomic mass is 10.1. The lowest BCUT2D eigenvalue weighted by Crippen LogP contribution is -2.26. The highest BCUT2D eigenvalue weighted by Crippen LogP contribution is 2.34. The topological polar surface area (TPSA) is 84.9 Å². The van der Waals surface area contributed by atoms with Crippen LogP contribution < -0.4 is 14.2 Å². The molecular weight excluding hydrogens is 389 g/mol. The molecule has 0 spiro atoms. The van der Waals surface area contributed by atoms with Crippen LogP contribution in [0.5, 0.6) is 17.2 Å². The molecule has 6 nitrogen and oxygen atoms in total. The van der Waals surface area contributed by atoms with E-state index in [4.69, 9.17) is 32.7 Å². The summed E-state index contributed by atoms with van der Waals surface area (Å²) in [7, 11) is -0.900. The van der Waals surface area contributed by atoms with Crippen molar-refractivity contribution in [1.82, 2.24) is 4.72 Å². The summed E-state index contributed by atoms with van der Waals surface area (Å²) < 4.78 is 37.4. The maximum Gasteiger partial charge on any atom is 0.244 e. The molecule has 0 radical (unpaired) electrons. The van der Waals surface area contributed by atoms with Crippen LogP contribution in [0.2, 0.25) is 10.0 Å². The number of aromatic hydroxyl groups is 1. The van der Waals surface area contributed by atoms with Gasteiger partial charge in [-0.3, -0.25) is 0 Å². The Kier molecular flexibility index (Phi) is 6.40. The molecule has 2 aromatic carbocycles. The van der Waals surface area contributed by atoms with E-state index in [9.17, 15) is 13.5 Å². The summed E-state index contributed by atoms with van der Waals surface area (Å²) in [5.74, 6) is 0.608. The molecule has 0 unspecified atom stereocenters. The summed E-state index contributed by atoms with van der Waals surface area (Å²) in [6.45, 7) is 0.112. The van der Waals surface area contributed by atoms with E-state index in [-0.39, 0.29) is 21.5 Å². The fourth-order valence-corrected chi connectivity index (χ4v) is 3.98. The number of benzene rings is 2. The molecule has 2 aromatic rings. The van der Waals surface area contributed by atoms with Crippen molar-refractivity contribution in [3.05, 3.63) is 45.9 Å². The largest absolute Gasteiger partial charge is 0.505 e. The molecule has 2 N–H and O–H groups in total. The zero-order valence-electron chi connectivity index (χ0n) is 13.5. The first-order valence-electron chi connectivity index (χ1n) is 7.17. The van der Waals surface area contributed by atoms with Crippen molar-refractivity contribution in [2.75, 3.05) is 20.8 Å². The van der Waals surface area contributed by atoms with Crippen LogP contribution in [0.1, 0.15) is 5.56 Å². The molecule has 0 aromatic heterocycles. The zero-order chi connectivity index (χ0) is 18.6. The molecule has 0 heterocycles. The quantitative estimate of drug-likeness (QED) is 0.738. The predicted octanol–water partition coefficient (Wildman–Crippen LogP) is 3.24. The zero-order valence-corrected chi connectivity index (χ0v) is 15.9. The molecule has 0 aliphatic heterocycles. The first-order valence-corrected chi connectivity index (χ1v) is 9.41. The van der Waals surface area contributed by atoms with Gasteiger partial charge in [-0.05, 0) is 36.2 Å². The van der Waals surface area contributed by atoms with Gasteiger partial charge in [-0.1, -0.05) is 29.3 Å². The number of nitrogens with one attached hydrogen (secondary N) is 1. The van der Waals surface area contributed by atoms with Crippen LogP contribution >= 0.6 is 23.2 Å². The summed E-state index contributed by atoms with van der Waals surface area (Å²) in [4.78, 5) is -0.364.